The second kappa shape index (κ2) is 8.40. The Morgan fingerprint density at radius 1 is 1.18 bits per heavy atom. The molecule has 0 saturated heterocycles. The molecule has 0 spiro atoms. The predicted molar refractivity (Wildman–Crippen MR) is 128 cm³/mol. The van der Waals surface area contributed by atoms with Crippen LogP contribution >= 0.6 is 0 Å². The molecular weight excluding hydrogens is 416 g/mol. The zero-order valence-corrected chi connectivity index (χ0v) is 19.8. The Balaban J connectivity index is 1.70. The predicted octanol–water partition coefficient (Wildman–Crippen LogP) is 5.80. The van der Waals surface area contributed by atoms with Gasteiger partial charge >= 0.3 is 0 Å². The smallest absolute Gasteiger partial charge is 0.273 e. The maximum Gasteiger partial charge on any atom is 0.273 e. The summed E-state index contributed by atoms with van der Waals surface area (Å²) < 4.78 is 0. The van der Waals surface area contributed by atoms with Gasteiger partial charge in [-0.3, -0.25) is 19.7 Å². The van der Waals surface area contributed by atoms with Crippen LogP contribution in [0.1, 0.15) is 91.1 Å². The summed E-state index contributed by atoms with van der Waals surface area (Å²) in [5.41, 5.74) is 2.14. The van der Waals surface area contributed by atoms with Gasteiger partial charge in [-0.1, -0.05) is 52.3 Å². The Morgan fingerprint density at radius 2 is 1.88 bits per heavy atom. The van der Waals surface area contributed by atoms with Crippen LogP contribution in [0.4, 0.5) is 5.69 Å². The molecule has 1 amide bonds. The van der Waals surface area contributed by atoms with Crippen LogP contribution in [0.2, 0.25) is 0 Å². The minimum atomic E-state index is -0.353. The average Bonchev–Trinajstić information content (AvgIpc) is 2.79. The second-order valence-corrected chi connectivity index (χ2v) is 10.5. The summed E-state index contributed by atoms with van der Waals surface area (Å²) in [5.74, 6) is -0.117. The van der Waals surface area contributed by atoms with Gasteiger partial charge in [0.1, 0.15) is 0 Å². The Morgan fingerprint density at radius 3 is 2.52 bits per heavy atom. The number of hydrogen-bond acceptors (Lipinski definition) is 4. The molecule has 0 bridgehead atoms. The number of ketones is 1. The Bertz CT molecular complexity index is 1110. The summed E-state index contributed by atoms with van der Waals surface area (Å²) in [6.45, 7) is 8.60. The van der Waals surface area contributed by atoms with E-state index in [0.717, 1.165) is 24.8 Å². The molecule has 0 radical (unpaired) electrons. The molecular formula is C27H32N2O4. The molecule has 6 heteroatoms. The maximum absolute atomic E-state index is 13.3. The monoisotopic (exact) mass is 448 g/mol. The van der Waals surface area contributed by atoms with E-state index < -0.39 is 0 Å². The standard InChI is InChI=1S/C27H32N2O4/c1-17(2)19-13-20-21(14-22(19)29(32)33)27(4)12-8-11-26(3,24(27)15-23(20)30)16-28-25(31)18-9-6-5-7-10-18/h5-7,9-10,13-14,17,24H,8,11-12,15-16H2,1-4H3,(H,28,31)/t24-,26-,27+/m0/s1. The second-order valence-electron chi connectivity index (χ2n) is 10.5. The fourth-order valence-electron chi connectivity index (χ4n) is 6.18. The number of fused-ring (bicyclic) bond motifs is 3. The lowest BCUT2D eigenvalue weighted by Gasteiger charge is -2.55. The van der Waals surface area contributed by atoms with E-state index in [1.54, 1.807) is 24.3 Å². The third-order valence-corrected chi connectivity index (χ3v) is 8.03. The van der Waals surface area contributed by atoms with E-state index in [0.29, 0.717) is 29.7 Å². The topological polar surface area (TPSA) is 89.3 Å². The Kier molecular flexibility index (Phi) is 5.89. The molecule has 174 valence electrons. The van der Waals surface area contributed by atoms with Crippen LogP contribution in [-0.4, -0.2) is 23.2 Å². The first kappa shape index (κ1) is 23.1. The van der Waals surface area contributed by atoms with Crippen molar-refractivity contribution >= 4 is 17.4 Å². The van der Waals surface area contributed by atoms with Gasteiger partial charge in [0, 0.05) is 35.7 Å². The van der Waals surface area contributed by atoms with Crippen LogP contribution in [0, 0.1) is 21.4 Å². The number of amides is 1. The molecule has 1 saturated carbocycles. The third-order valence-electron chi connectivity index (χ3n) is 8.03. The molecule has 6 nitrogen and oxygen atoms in total. The number of nitro groups is 1. The number of rotatable bonds is 5. The highest BCUT2D eigenvalue weighted by atomic mass is 16.6. The van der Waals surface area contributed by atoms with Crippen LogP contribution in [0.15, 0.2) is 42.5 Å². The number of nitro benzene ring substituents is 1. The van der Waals surface area contributed by atoms with Crippen molar-refractivity contribution in [2.75, 3.05) is 6.54 Å². The van der Waals surface area contributed by atoms with Gasteiger partial charge in [-0.25, -0.2) is 0 Å². The highest BCUT2D eigenvalue weighted by Gasteiger charge is 2.54. The lowest BCUT2D eigenvalue weighted by molar-refractivity contribution is -0.385. The molecule has 2 aliphatic carbocycles. The number of carbonyl (C=O) groups excluding carboxylic acids is 2. The van der Waals surface area contributed by atoms with Gasteiger partial charge in [0.2, 0.25) is 0 Å². The van der Waals surface area contributed by atoms with E-state index in [-0.39, 0.29) is 45.0 Å². The Hall–Kier alpha value is -3.02. The van der Waals surface area contributed by atoms with Crippen LogP contribution in [0.25, 0.3) is 0 Å². The number of nitrogens with zero attached hydrogens (tertiary/aromatic N) is 1. The molecule has 2 aliphatic rings. The molecule has 4 rings (SSSR count). The number of carbonyl (C=O) groups is 2. The van der Waals surface area contributed by atoms with Gasteiger partial charge in [-0.15, -0.1) is 0 Å². The first-order chi connectivity index (χ1) is 15.6. The number of Topliss-reactive ketones (excluding diaryl/α,β-unsaturated/α-hetero) is 1. The first-order valence-corrected chi connectivity index (χ1v) is 11.8. The van der Waals surface area contributed by atoms with Crippen molar-refractivity contribution in [2.24, 2.45) is 11.3 Å². The molecule has 2 aromatic rings. The summed E-state index contributed by atoms with van der Waals surface area (Å²) in [7, 11) is 0. The van der Waals surface area contributed by atoms with Gasteiger partial charge in [0.15, 0.2) is 5.78 Å². The summed E-state index contributed by atoms with van der Waals surface area (Å²) in [6.07, 6.45) is 3.12. The lowest BCUT2D eigenvalue weighted by atomic mass is 9.49. The maximum atomic E-state index is 13.3. The highest BCUT2D eigenvalue weighted by Crippen LogP contribution is 2.57. The molecule has 0 heterocycles. The summed E-state index contributed by atoms with van der Waals surface area (Å²) in [5, 5.41) is 15.0. The van der Waals surface area contributed by atoms with E-state index in [1.807, 2.05) is 32.0 Å². The molecule has 0 aromatic heterocycles. The van der Waals surface area contributed by atoms with Crippen molar-refractivity contribution in [3.63, 3.8) is 0 Å². The van der Waals surface area contributed by atoms with Gasteiger partial charge < -0.3 is 5.32 Å². The zero-order chi connectivity index (χ0) is 24.0. The number of nitrogens with one attached hydrogen (secondary N) is 1. The van der Waals surface area contributed by atoms with Gasteiger partial charge in [0.05, 0.1) is 4.92 Å². The van der Waals surface area contributed by atoms with E-state index in [2.05, 4.69) is 19.2 Å². The van der Waals surface area contributed by atoms with Crippen LogP contribution < -0.4 is 5.32 Å². The van der Waals surface area contributed by atoms with Gasteiger partial charge in [-0.2, -0.15) is 0 Å². The SMILES string of the molecule is CC(C)c1cc2c(cc1[N+](=O)[O-])[C@@]1(C)CCC[C@@](C)(CNC(=O)c3ccccc3)[C@@H]1CC2=O. The normalized spacial score (nSPS) is 26.5. The molecule has 0 aliphatic heterocycles. The molecule has 1 N–H and O–H groups in total. The lowest BCUT2D eigenvalue weighted by Crippen LogP contribution is -2.54. The van der Waals surface area contributed by atoms with Crippen LogP contribution in [-0.2, 0) is 5.41 Å². The fraction of sp³-hybridized carbons (Fsp3) is 0.481. The minimum absolute atomic E-state index is 0.000623. The molecule has 3 atom stereocenters. The largest absolute Gasteiger partial charge is 0.351 e. The minimum Gasteiger partial charge on any atom is -0.351 e. The highest BCUT2D eigenvalue weighted by molar-refractivity contribution is 6.00. The molecule has 2 aromatic carbocycles. The zero-order valence-electron chi connectivity index (χ0n) is 19.8. The molecule has 33 heavy (non-hydrogen) atoms. The van der Waals surface area contributed by atoms with Crippen molar-refractivity contribution in [3.05, 3.63) is 74.8 Å². The average molecular weight is 449 g/mol. The van der Waals surface area contributed by atoms with Crippen molar-refractivity contribution in [3.8, 4) is 0 Å². The quantitative estimate of drug-likeness (QED) is 0.462. The molecule has 0 unspecified atom stereocenters. The van der Waals surface area contributed by atoms with E-state index in [9.17, 15) is 19.7 Å². The third kappa shape index (κ3) is 3.96. The first-order valence-electron chi connectivity index (χ1n) is 11.8. The van der Waals surface area contributed by atoms with Crippen molar-refractivity contribution in [1.82, 2.24) is 5.32 Å². The van der Waals surface area contributed by atoms with Crippen molar-refractivity contribution in [2.45, 2.75) is 64.7 Å². The van der Waals surface area contributed by atoms with E-state index >= 15 is 0 Å². The van der Waals surface area contributed by atoms with Crippen LogP contribution in [0.3, 0.4) is 0 Å². The van der Waals surface area contributed by atoms with Crippen LogP contribution in [0.5, 0.6) is 0 Å². The Labute approximate surface area is 194 Å². The fourth-order valence-corrected chi connectivity index (χ4v) is 6.18. The summed E-state index contributed by atoms with van der Waals surface area (Å²) in [4.78, 5) is 37.6. The molecule has 1 fully saturated rings. The van der Waals surface area contributed by atoms with Crippen molar-refractivity contribution in [1.29, 1.82) is 0 Å². The number of benzene rings is 2. The summed E-state index contributed by atoms with van der Waals surface area (Å²) in [6, 6.07) is 12.6. The summed E-state index contributed by atoms with van der Waals surface area (Å²) >= 11 is 0. The number of hydrogen-bond donors (Lipinski definition) is 1. The van der Waals surface area contributed by atoms with E-state index in [4.69, 9.17) is 0 Å². The van der Waals surface area contributed by atoms with Crippen molar-refractivity contribution < 1.29 is 14.5 Å². The van der Waals surface area contributed by atoms with Gasteiger partial charge in [0.25, 0.3) is 11.6 Å². The van der Waals surface area contributed by atoms with E-state index in [1.165, 1.54) is 0 Å². The van der Waals surface area contributed by atoms with Gasteiger partial charge in [-0.05, 0) is 59.3 Å².